The van der Waals surface area contributed by atoms with Gasteiger partial charge in [0.1, 0.15) is 6.10 Å². The quantitative estimate of drug-likeness (QED) is 0.296. The van der Waals surface area contributed by atoms with Crippen LogP contribution >= 0.6 is 0 Å². The zero-order valence-electron chi connectivity index (χ0n) is 22.7. The number of aliphatic hydroxyl groups excluding tert-OH is 1. The highest BCUT2D eigenvalue weighted by Gasteiger charge is 2.71. The summed E-state index contributed by atoms with van der Waals surface area (Å²) in [5, 5.41) is 21.0. The van der Waals surface area contributed by atoms with Gasteiger partial charge in [0.25, 0.3) is 0 Å². The lowest BCUT2D eigenvalue weighted by Crippen LogP contribution is -2.76. The second-order valence-electron chi connectivity index (χ2n) is 12.9. The predicted octanol–water partition coefficient (Wildman–Crippen LogP) is 2.51. The Hall–Kier alpha value is -2.26. The average Bonchev–Trinajstić information content (AvgIpc) is 3.12. The van der Waals surface area contributed by atoms with E-state index in [-0.39, 0.29) is 47.2 Å². The number of carbonyl (C=O) groups is 2. The van der Waals surface area contributed by atoms with Gasteiger partial charge in [-0.15, -0.1) is 0 Å². The van der Waals surface area contributed by atoms with E-state index < -0.39 is 35.1 Å². The Morgan fingerprint density at radius 1 is 1.11 bits per heavy atom. The number of hydrogen-bond acceptors (Lipinski definition) is 7. The molecule has 1 aromatic carbocycles. The standard InChI is InChI=1S/C30H43N3O5/c1-16(34)38-23-15-29(3)20(24(23)18(27(36)37)13-17-7-5-4-6-8-17)14-21(31)26-28(2)11-10-22(35)25(32)19(28)9-12-30(26,29)33/h4-8,19-23,25-26,35H,9-15,31-33H2,1-3H3,(H,36,37)/b24-18-/t19-,20?,21+,22+,23-,25-,26-,28-,29-,30+/m0/s1. The largest absolute Gasteiger partial charge is 0.478 e. The van der Waals surface area contributed by atoms with E-state index in [0.29, 0.717) is 31.3 Å². The first kappa shape index (κ1) is 27.3. The molecule has 0 spiro atoms. The van der Waals surface area contributed by atoms with Crippen molar-refractivity contribution in [3.05, 3.63) is 47.0 Å². The van der Waals surface area contributed by atoms with Crippen LogP contribution in [0.3, 0.4) is 0 Å². The lowest BCUT2D eigenvalue weighted by atomic mass is 9.39. The van der Waals surface area contributed by atoms with Crippen LogP contribution in [0, 0.1) is 28.6 Å². The van der Waals surface area contributed by atoms with Crippen molar-refractivity contribution in [1.82, 2.24) is 0 Å². The molecule has 38 heavy (non-hydrogen) atoms. The summed E-state index contributed by atoms with van der Waals surface area (Å²) in [6.45, 7) is 5.77. The van der Waals surface area contributed by atoms with Gasteiger partial charge in [0.05, 0.1) is 6.10 Å². The average molecular weight is 526 g/mol. The van der Waals surface area contributed by atoms with Gasteiger partial charge in [-0.05, 0) is 78.2 Å². The minimum atomic E-state index is -1.00. The molecule has 4 aliphatic rings. The molecular weight excluding hydrogens is 482 g/mol. The summed E-state index contributed by atoms with van der Waals surface area (Å²) in [7, 11) is 0. The van der Waals surface area contributed by atoms with Crippen molar-refractivity contribution in [2.75, 3.05) is 0 Å². The zero-order valence-corrected chi connectivity index (χ0v) is 22.7. The van der Waals surface area contributed by atoms with E-state index in [1.807, 2.05) is 30.3 Å². The van der Waals surface area contributed by atoms with Crippen molar-refractivity contribution in [3.8, 4) is 0 Å². The summed E-state index contributed by atoms with van der Waals surface area (Å²) >= 11 is 0. The van der Waals surface area contributed by atoms with Gasteiger partial charge in [-0.3, -0.25) is 4.79 Å². The third kappa shape index (κ3) is 3.95. The van der Waals surface area contributed by atoms with E-state index in [1.165, 1.54) is 6.92 Å². The molecule has 1 unspecified atom stereocenters. The summed E-state index contributed by atoms with van der Waals surface area (Å²) in [6, 6.07) is 8.92. The summed E-state index contributed by atoms with van der Waals surface area (Å²) < 4.78 is 5.86. The molecular formula is C30H43N3O5. The van der Waals surface area contributed by atoms with Gasteiger partial charge in [0, 0.05) is 36.5 Å². The van der Waals surface area contributed by atoms with Crippen LogP contribution in [0.25, 0.3) is 0 Å². The van der Waals surface area contributed by atoms with Crippen LogP contribution in [0.15, 0.2) is 41.5 Å². The monoisotopic (exact) mass is 525 g/mol. The molecule has 208 valence electrons. The van der Waals surface area contributed by atoms with Gasteiger partial charge in [-0.1, -0.05) is 44.2 Å². The molecule has 0 saturated heterocycles. The van der Waals surface area contributed by atoms with Gasteiger partial charge in [-0.2, -0.15) is 0 Å². The lowest BCUT2D eigenvalue weighted by molar-refractivity contribution is -0.160. The maximum atomic E-state index is 12.8. The summed E-state index contributed by atoms with van der Waals surface area (Å²) in [6.07, 6.45) is 2.97. The fourth-order valence-electron chi connectivity index (χ4n) is 9.43. The number of ether oxygens (including phenoxy) is 1. The highest BCUT2D eigenvalue weighted by atomic mass is 16.5. The first-order valence-electron chi connectivity index (χ1n) is 14.0. The highest BCUT2D eigenvalue weighted by molar-refractivity contribution is 5.89. The SMILES string of the molecule is CC(=O)O[C@H]1C[C@@]2(C)C(C[C@@H](N)[C@H]3[C@@]4(C)CC[C@@H](O)[C@@H](N)[C@@H]4CC[C@@]32N)/C1=C(\Cc1ccccc1)C(=O)O. The summed E-state index contributed by atoms with van der Waals surface area (Å²) in [4.78, 5) is 25.0. The highest BCUT2D eigenvalue weighted by Crippen LogP contribution is 2.69. The molecule has 0 aromatic heterocycles. The van der Waals surface area contributed by atoms with Gasteiger partial charge in [-0.25, -0.2) is 4.79 Å². The zero-order chi connectivity index (χ0) is 27.6. The fourth-order valence-corrected chi connectivity index (χ4v) is 9.43. The Balaban J connectivity index is 1.63. The van der Waals surface area contributed by atoms with Crippen molar-refractivity contribution >= 4 is 11.9 Å². The van der Waals surface area contributed by atoms with Crippen molar-refractivity contribution in [3.63, 3.8) is 0 Å². The Bertz CT molecular complexity index is 1140. The molecule has 10 atom stereocenters. The minimum absolute atomic E-state index is 0.0479. The van der Waals surface area contributed by atoms with E-state index in [9.17, 15) is 19.8 Å². The van der Waals surface area contributed by atoms with Crippen molar-refractivity contribution in [2.45, 2.75) is 95.5 Å². The first-order chi connectivity index (χ1) is 17.8. The van der Waals surface area contributed by atoms with E-state index in [4.69, 9.17) is 21.9 Å². The van der Waals surface area contributed by atoms with Crippen LogP contribution in [0.5, 0.6) is 0 Å². The predicted molar refractivity (Wildman–Crippen MR) is 144 cm³/mol. The number of esters is 1. The molecule has 8 N–H and O–H groups in total. The number of benzene rings is 1. The summed E-state index contributed by atoms with van der Waals surface area (Å²) in [5.74, 6) is -1.59. The number of carboxylic acid groups (broad SMARTS) is 1. The lowest BCUT2D eigenvalue weighted by Gasteiger charge is -2.68. The Kier molecular flexibility index (Phi) is 6.78. The van der Waals surface area contributed by atoms with E-state index >= 15 is 0 Å². The molecule has 0 aliphatic heterocycles. The number of carboxylic acids is 1. The molecule has 0 amide bonds. The Morgan fingerprint density at radius 2 is 1.79 bits per heavy atom. The van der Waals surface area contributed by atoms with Crippen LogP contribution in [-0.2, 0) is 20.7 Å². The molecule has 0 heterocycles. The minimum Gasteiger partial charge on any atom is -0.478 e. The van der Waals surface area contributed by atoms with Gasteiger partial charge in [0.15, 0.2) is 0 Å². The first-order valence-corrected chi connectivity index (χ1v) is 14.0. The Labute approximate surface area is 225 Å². The maximum Gasteiger partial charge on any atom is 0.332 e. The molecule has 4 saturated carbocycles. The van der Waals surface area contributed by atoms with Crippen LogP contribution < -0.4 is 17.2 Å². The molecule has 4 aliphatic carbocycles. The number of fused-ring (bicyclic) bond motifs is 5. The number of aliphatic hydroxyl groups is 1. The molecule has 8 heteroatoms. The van der Waals surface area contributed by atoms with Crippen LogP contribution in [-0.4, -0.2) is 52.0 Å². The number of rotatable bonds is 4. The smallest absolute Gasteiger partial charge is 0.332 e. The Morgan fingerprint density at radius 3 is 2.42 bits per heavy atom. The molecule has 0 bridgehead atoms. The van der Waals surface area contributed by atoms with Crippen molar-refractivity contribution < 1.29 is 24.5 Å². The topological polar surface area (TPSA) is 162 Å². The van der Waals surface area contributed by atoms with Crippen molar-refractivity contribution in [2.24, 2.45) is 45.8 Å². The molecule has 4 fully saturated rings. The number of hydrogen-bond donors (Lipinski definition) is 5. The van der Waals surface area contributed by atoms with E-state index in [1.54, 1.807) is 0 Å². The number of carbonyl (C=O) groups excluding carboxylic acids is 1. The molecule has 1 aromatic rings. The molecule has 5 rings (SSSR count). The molecule has 8 nitrogen and oxygen atoms in total. The van der Waals surface area contributed by atoms with Crippen LogP contribution in [0.2, 0.25) is 0 Å². The van der Waals surface area contributed by atoms with Gasteiger partial charge >= 0.3 is 11.9 Å². The van der Waals surface area contributed by atoms with E-state index in [0.717, 1.165) is 18.4 Å². The fraction of sp³-hybridized carbons (Fsp3) is 0.667. The van der Waals surface area contributed by atoms with Gasteiger partial charge < -0.3 is 32.2 Å². The second-order valence-corrected chi connectivity index (χ2v) is 12.9. The number of nitrogens with two attached hydrogens (primary N) is 3. The summed E-state index contributed by atoms with van der Waals surface area (Å²) in [5.41, 5.74) is 21.5. The van der Waals surface area contributed by atoms with E-state index in [2.05, 4.69) is 13.8 Å². The number of aliphatic carboxylic acids is 1. The normalized spacial score (nSPS) is 45.4. The maximum absolute atomic E-state index is 12.8. The van der Waals surface area contributed by atoms with Crippen LogP contribution in [0.4, 0.5) is 0 Å². The third-order valence-electron chi connectivity index (χ3n) is 11.1. The molecule has 0 radical (unpaired) electrons. The third-order valence-corrected chi connectivity index (χ3v) is 11.1. The van der Waals surface area contributed by atoms with Crippen molar-refractivity contribution in [1.29, 1.82) is 0 Å². The second kappa shape index (κ2) is 9.44. The van der Waals surface area contributed by atoms with Crippen LogP contribution in [0.1, 0.15) is 64.9 Å². The van der Waals surface area contributed by atoms with Gasteiger partial charge in [0.2, 0.25) is 0 Å².